The van der Waals surface area contributed by atoms with E-state index in [4.69, 9.17) is 4.74 Å². The molecule has 398 valence electrons. The summed E-state index contributed by atoms with van der Waals surface area (Å²) in [5.41, 5.74) is 6.81. The van der Waals surface area contributed by atoms with Crippen molar-refractivity contribution in [3.8, 4) is 5.75 Å². The molecule has 0 saturated carbocycles. The van der Waals surface area contributed by atoms with Crippen molar-refractivity contribution in [1.29, 1.82) is 0 Å². The summed E-state index contributed by atoms with van der Waals surface area (Å²) in [7, 11) is 3.32. The maximum absolute atomic E-state index is 14.5. The number of likely N-dealkylation sites (N-methyl/N-ethyl adjacent to an activating group) is 2. The molecule has 17 nitrogen and oxygen atoms in total. The van der Waals surface area contributed by atoms with E-state index in [1.165, 1.54) is 16.0 Å². The van der Waals surface area contributed by atoms with E-state index in [1.54, 1.807) is 50.2 Å². The lowest BCUT2D eigenvalue weighted by Crippen LogP contribution is -2.58. The highest BCUT2D eigenvalue weighted by atomic mass is 16.5. The molecule has 0 spiro atoms. The summed E-state index contributed by atoms with van der Waals surface area (Å²) in [6.45, 7) is 7.45. The molecule has 17 heteroatoms. The van der Waals surface area contributed by atoms with Gasteiger partial charge in [0, 0.05) is 31.1 Å². The second kappa shape index (κ2) is 24.0. The van der Waals surface area contributed by atoms with Crippen molar-refractivity contribution in [2.45, 2.75) is 135 Å². The Morgan fingerprint density at radius 3 is 1.95 bits per heavy atom. The molecular weight excluding hydrogens is 951 g/mol. The lowest BCUT2D eigenvalue weighted by atomic mass is 9.85. The van der Waals surface area contributed by atoms with Crippen LogP contribution in [0.2, 0.25) is 0 Å². The van der Waals surface area contributed by atoms with Gasteiger partial charge in [-0.2, -0.15) is 0 Å². The van der Waals surface area contributed by atoms with Crippen LogP contribution in [-0.2, 0) is 61.2 Å². The van der Waals surface area contributed by atoms with Crippen molar-refractivity contribution in [3.05, 3.63) is 136 Å². The molecule has 0 bridgehead atoms. The van der Waals surface area contributed by atoms with Crippen molar-refractivity contribution in [2.75, 3.05) is 33.7 Å². The zero-order valence-electron chi connectivity index (χ0n) is 44.1. The minimum Gasteiger partial charge on any atom is -0.489 e. The summed E-state index contributed by atoms with van der Waals surface area (Å²) in [4.78, 5) is 99.2. The fourth-order valence-electron chi connectivity index (χ4n) is 10.8. The number of hydrogen-bond acceptors (Lipinski definition) is 10. The molecule has 2 heterocycles. The van der Waals surface area contributed by atoms with Crippen LogP contribution in [0.1, 0.15) is 121 Å². The summed E-state index contributed by atoms with van der Waals surface area (Å²) in [6.07, 6.45) is 5.79. The van der Waals surface area contributed by atoms with E-state index in [2.05, 4.69) is 55.4 Å². The molecule has 1 saturated heterocycles. The monoisotopic (exact) mass is 1020 g/mol. The number of nitrogens with zero attached hydrogens (tertiary/aromatic N) is 2. The van der Waals surface area contributed by atoms with Gasteiger partial charge in [-0.05, 0) is 135 Å². The first-order chi connectivity index (χ1) is 36.0. The summed E-state index contributed by atoms with van der Waals surface area (Å²) in [5, 5.41) is 20.9. The van der Waals surface area contributed by atoms with E-state index in [0.29, 0.717) is 11.3 Å². The van der Waals surface area contributed by atoms with E-state index in [0.717, 1.165) is 66.3 Å². The zero-order valence-corrected chi connectivity index (χ0v) is 44.1. The zero-order chi connectivity index (χ0) is 53.4. The van der Waals surface area contributed by atoms with Gasteiger partial charge in [-0.1, -0.05) is 87.5 Å². The number of rotatable bonds is 17. The van der Waals surface area contributed by atoms with Gasteiger partial charge >= 0.3 is 0 Å². The van der Waals surface area contributed by atoms with Crippen molar-refractivity contribution in [2.24, 2.45) is 5.41 Å². The van der Waals surface area contributed by atoms with E-state index < -0.39 is 41.5 Å². The third-order valence-electron chi connectivity index (χ3n) is 15.1. The number of fused-ring (bicyclic) bond motifs is 3. The Kier molecular flexibility index (Phi) is 17.4. The van der Waals surface area contributed by atoms with Crippen LogP contribution in [0.4, 0.5) is 0 Å². The first-order valence-corrected chi connectivity index (χ1v) is 26.4. The largest absolute Gasteiger partial charge is 0.489 e. The third kappa shape index (κ3) is 13.1. The molecule has 2 aliphatic carbocycles. The van der Waals surface area contributed by atoms with E-state index in [-0.39, 0.29) is 93.2 Å². The Labute approximate surface area is 440 Å². The van der Waals surface area contributed by atoms with Crippen LogP contribution in [0.25, 0.3) is 0 Å². The van der Waals surface area contributed by atoms with Crippen molar-refractivity contribution in [1.82, 2.24) is 47.0 Å². The first kappa shape index (κ1) is 54.2. The summed E-state index contributed by atoms with van der Waals surface area (Å²) in [6, 6.07) is 24.8. The van der Waals surface area contributed by atoms with Crippen LogP contribution >= 0.6 is 0 Å². The highest BCUT2D eigenvalue weighted by molar-refractivity contribution is 5.96. The molecule has 8 rings (SSSR count). The topological polar surface area (TPSA) is 219 Å². The molecule has 7 unspecified atom stereocenters. The molecule has 7 amide bonds. The highest BCUT2D eigenvalue weighted by Crippen LogP contribution is 2.34. The molecule has 0 radical (unpaired) electrons. The average Bonchev–Trinajstić information content (AvgIpc) is 3.84. The molecule has 4 aromatic carbocycles. The van der Waals surface area contributed by atoms with Crippen LogP contribution in [0.15, 0.2) is 91.0 Å². The van der Waals surface area contributed by atoms with Crippen molar-refractivity contribution < 1.29 is 38.3 Å². The number of aryl methyl sites for hydroxylation is 2. The standard InChI is InChI=1S/C58H73N9O8/c1-35(60-6)53(70)61-31-51(69)66-32-41-27-43(26-25-40(41)28-48(66)55(72)63-46-19-11-15-37-13-7-9-17-44(37)46)75-34-36-21-23-39(24-22-36)54(71)62-42-29-49(56(73)64-47-20-12-16-38-14-8-10-18-45(38)47)67(33-42)57(74)52(58(2,3)4)65-50(68)30-59-5/h7-10,13-14,17-18,21-27,35,42,46-49,52,59-60H,11-12,15-16,19-20,28-34H2,1-6H3,(H,61,70)(H,62,71)(H,63,72)(H,64,73)(H,65,68). The fourth-order valence-corrected chi connectivity index (χ4v) is 10.8. The third-order valence-corrected chi connectivity index (χ3v) is 15.1. The Morgan fingerprint density at radius 2 is 1.33 bits per heavy atom. The Bertz CT molecular complexity index is 2760. The Morgan fingerprint density at radius 1 is 0.707 bits per heavy atom. The summed E-state index contributed by atoms with van der Waals surface area (Å²) < 4.78 is 6.26. The van der Waals surface area contributed by atoms with Crippen LogP contribution in [0, 0.1) is 5.41 Å². The molecule has 75 heavy (non-hydrogen) atoms. The second-order valence-corrected chi connectivity index (χ2v) is 21.5. The van der Waals surface area contributed by atoms with Crippen LogP contribution in [0.5, 0.6) is 5.75 Å². The minimum absolute atomic E-state index is 0.0195. The Balaban J connectivity index is 0.922. The normalized spacial score (nSPS) is 20.7. The molecule has 4 aliphatic rings. The molecule has 2 aliphatic heterocycles. The van der Waals surface area contributed by atoms with Gasteiger partial charge < -0.3 is 51.8 Å². The summed E-state index contributed by atoms with van der Waals surface area (Å²) >= 11 is 0. The molecule has 7 atom stereocenters. The fraction of sp³-hybridized carbons (Fsp3) is 0.466. The minimum atomic E-state index is -0.928. The van der Waals surface area contributed by atoms with Gasteiger partial charge in [0.15, 0.2) is 0 Å². The molecular formula is C58H73N9O8. The van der Waals surface area contributed by atoms with Crippen LogP contribution in [-0.4, -0.2) is 115 Å². The number of hydrogen-bond donors (Lipinski definition) is 7. The van der Waals surface area contributed by atoms with Crippen molar-refractivity contribution >= 4 is 41.4 Å². The molecule has 7 N–H and O–H groups in total. The van der Waals surface area contributed by atoms with Gasteiger partial charge in [-0.15, -0.1) is 0 Å². The van der Waals surface area contributed by atoms with E-state index in [1.807, 2.05) is 69.3 Å². The van der Waals surface area contributed by atoms with E-state index >= 15 is 0 Å². The van der Waals surface area contributed by atoms with Gasteiger partial charge in [-0.3, -0.25) is 33.6 Å². The second-order valence-electron chi connectivity index (χ2n) is 21.5. The van der Waals surface area contributed by atoms with Gasteiger partial charge in [0.25, 0.3) is 5.91 Å². The van der Waals surface area contributed by atoms with Gasteiger partial charge in [0.2, 0.25) is 35.4 Å². The SMILES string of the molecule is CNCC(=O)NC(C(=O)N1CC(NC(=O)c2ccc(COc3ccc4c(c3)CN(C(=O)CNC(=O)C(C)NC)C(C(=O)NC3CCCc5ccccc53)C4)cc2)CC1C(=O)NC1CCCc2ccccc21)C(C)(C)C. The lowest BCUT2D eigenvalue weighted by molar-refractivity contribution is -0.144. The predicted molar refractivity (Wildman–Crippen MR) is 284 cm³/mol. The average molecular weight is 1020 g/mol. The Hall–Kier alpha value is -7.11. The number of benzene rings is 4. The highest BCUT2D eigenvalue weighted by Gasteiger charge is 2.46. The quantitative estimate of drug-likeness (QED) is 0.0804. The van der Waals surface area contributed by atoms with Gasteiger partial charge in [0.1, 0.15) is 30.5 Å². The van der Waals surface area contributed by atoms with Crippen LogP contribution < -0.4 is 42.0 Å². The lowest BCUT2D eigenvalue weighted by Gasteiger charge is -2.37. The smallest absolute Gasteiger partial charge is 0.251 e. The molecule has 0 aromatic heterocycles. The predicted octanol–water partition coefficient (Wildman–Crippen LogP) is 4.08. The number of nitrogens with one attached hydrogen (secondary N) is 7. The number of amides is 7. The number of likely N-dealkylation sites (tertiary alicyclic amines) is 1. The maximum Gasteiger partial charge on any atom is 0.251 e. The summed E-state index contributed by atoms with van der Waals surface area (Å²) in [5.74, 6) is -1.79. The van der Waals surface area contributed by atoms with Gasteiger partial charge in [0.05, 0.1) is 31.2 Å². The number of ether oxygens (including phenoxy) is 1. The van der Waals surface area contributed by atoms with Crippen molar-refractivity contribution in [3.63, 3.8) is 0 Å². The van der Waals surface area contributed by atoms with Crippen LogP contribution in [0.3, 0.4) is 0 Å². The number of carbonyl (C=O) groups excluding carboxylic acids is 7. The maximum atomic E-state index is 14.5. The van der Waals surface area contributed by atoms with E-state index in [9.17, 15) is 33.6 Å². The first-order valence-electron chi connectivity index (χ1n) is 26.4. The molecule has 1 fully saturated rings. The van der Waals surface area contributed by atoms with Gasteiger partial charge in [-0.25, -0.2) is 0 Å². The molecule has 4 aromatic rings. The number of carbonyl (C=O) groups is 7.